The van der Waals surface area contributed by atoms with Crippen LogP contribution in [0.4, 0.5) is 5.69 Å². The molecule has 2 heterocycles. The summed E-state index contributed by atoms with van der Waals surface area (Å²) in [6.07, 6.45) is 13.4. The number of hydrogen-bond donors (Lipinski definition) is 2. The third-order valence-corrected chi connectivity index (χ3v) is 10.0. The number of allylic oxidation sites excluding steroid dienone is 4. The highest BCUT2D eigenvalue weighted by Crippen LogP contribution is 2.49. The van der Waals surface area contributed by atoms with Crippen LogP contribution in [0.1, 0.15) is 29.5 Å². The minimum Gasteiger partial charge on any atom is -0.334 e. The summed E-state index contributed by atoms with van der Waals surface area (Å²) in [6, 6.07) is 19.0. The highest BCUT2D eigenvalue weighted by atomic mass is 32.2. The Hall–Kier alpha value is -3.16. The van der Waals surface area contributed by atoms with Gasteiger partial charge < -0.3 is 4.90 Å². The van der Waals surface area contributed by atoms with Crippen LogP contribution < -0.4 is 9.47 Å². The number of rotatable bonds is 13. The van der Waals surface area contributed by atoms with Crippen molar-refractivity contribution in [3.05, 3.63) is 107 Å². The van der Waals surface area contributed by atoms with Crippen molar-refractivity contribution in [2.45, 2.75) is 38.1 Å². The normalized spacial score (nSPS) is 14.6. The molecule has 0 unspecified atom stereocenters. The van der Waals surface area contributed by atoms with Crippen molar-refractivity contribution in [3.63, 3.8) is 0 Å². The van der Waals surface area contributed by atoms with E-state index in [2.05, 4.69) is 87.4 Å². The lowest BCUT2D eigenvalue weighted by atomic mass is 10.0. The maximum atomic E-state index is 11.4. The largest absolute Gasteiger partial charge is 0.334 e. The first-order valence-corrected chi connectivity index (χ1v) is 17.6. The summed E-state index contributed by atoms with van der Waals surface area (Å²) in [5.41, 5.74) is 5.80. The van der Waals surface area contributed by atoms with Gasteiger partial charge >= 0.3 is 0 Å². The van der Waals surface area contributed by atoms with Gasteiger partial charge in [-0.05, 0) is 60.6 Å². The smallest absolute Gasteiger partial charge is 0.264 e. The molecule has 0 saturated carbocycles. The van der Waals surface area contributed by atoms with Gasteiger partial charge in [0.05, 0.1) is 21.9 Å². The molecule has 8 nitrogen and oxygen atoms in total. The predicted octanol–water partition coefficient (Wildman–Crippen LogP) is 7.66. The fraction of sp³-hybridized carbons (Fsp3) is 0.242. The topological polar surface area (TPSA) is 100 Å². The molecular weight excluding hydrogens is 617 g/mol. The lowest BCUT2D eigenvalue weighted by molar-refractivity contribution is -0.671. The molecule has 0 spiro atoms. The standard InChI is InChI=1S/C33H34N2O6S3/c1-24-22-29-27(16-19-34(30(29)23-25(24)2)17-8-20-42-41-40-36)10-4-3-5-13-32-35(18-9-21-44(37,38)39)33-28-12-7-6-11-26(28)14-15-31(33)43-32/h3-7,10-16,19,22-23H,8-9,17-18,20-21H2,1-2H3,(H-,36,37,38,39)/p+1. The minimum absolute atomic E-state index is 0.282. The molecule has 5 rings (SSSR count). The highest BCUT2D eigenvalue weighted by molar-refractivity contribution is 8.03. The zero-order chi connectivity index (χ0) is 31.1. The van der Waals surface area contributed by atoms with Crippen LogP contribution in [0.3, 0.4) is 0 Å². The van der Waals surface area contributed by atoms with E-state index in [9.17, 15) is 13.0 Å². The summed E-state index contributed by atoms with van der Waals surface area (Å²) < 4.78 is 38.8. The predicted molar refractivity (Wildman–Crippen MR) is 180 cm³/mol. The first-order chi connectivity index (χ1) is 21.2. The molecule has 4 aromatic rings. The molecule has 0 aliphatic carbocycles. The molecule has 1 aromatic heterocycles. The van der Waals surface area contributed by atoms with E-state index in [4.69, 9.17) is 5.26 Å². The lowest BCUT2D eigenvalue weighted by Gasteiger charge is -2.21. The van der Waals surface area contributed by atoms with Crippen molar-refractivity contribution < 1.29 is 32.2 Å². The maximum absolute atomic E-state index is 11.4. The zero-order valence-corrected chi connectivity index (χ0v) is 27.0. The highest BCUT2D eigenvalue weighted by Gasteiger charge is 2.27. The molecule has 1 aliphatic heterocycles. The van der Waals surface area contributed by atoms with Gasteiger partial charge in [0.15, 0.2) is 6.20 Å². The number of aryl methyl sites for hydroxylation is 3. The molecule has 0 atom stereocenters. The second kappa shape index (κ2) is 14.7. The second-order valence-electron chi connectivity index (χ2n) is 10.5. The van der Waals surface area contributed by atoms with Crippen molar-refractivity contribution in [2.75, 3.05) is 23.0 Å². The lowest BCUT2D eigenvalue weighted by Crippen LogP contribution is -2.34. The fourth-order valence-electron chi connectivity index (χ4n) is 5.29. The molecular formula is C33H35N2O6S3+. The molecule has 0 fully saturated rings. The third kappa shape index (κ3) is 7.91. The van der Waals surface area contributed by atoms with E-state index in [0.29, 0.717) is 18.7 Å². The van der Waals surface area contributed by atoms with Crippen molar-refractivity contribution in [1.29, 1.82) is 0 Å². The van der Waals surface area contributed by atoms with Crippen LogP contribution in [0.2, 0.25) is 0 Å². The van der Waals surface area contributed by atoms with Crippen molar-refractivity contribution >= 4 is 67.4 Å². The van der Waals surface area contributed by atoms with Gasteiger partial charge in [-0.15, -0.1) is 4.33 Å². The van der Waals surface area contributed by atoms with Gasteiger partial charge in [-0.3, -0.25) is 4.55 Å². The Morgan fingerprint density at radius 2 is 1.82 bits per heavy atom. The monoisotopic (exact) mass is 651 g/mol. The number of anilines is 1. The second-order valence-corrected chi connectivity index (χ2v) is 13.9. The Bertz CT molecular complexity index is 1850. The van der Waals surface area contributed by atoms with Crippen LogP contribution in [0.25, 0.3) is 27.8 Å². The molecule has 0 saturated heterocycles. The van der Waals surface area contributed by atoms with Crippen LogP contribution in [0.5, 0.6) is 0 Å². The first kappa shape index (κ1) is 32.2. The molecule has 11 heteroatoms. The minimum atomic E-state index is -4.03. The van der Waals surface area contributed by atoms with Gasteiger partial charge in [0.1, 0.15) is 6.54 Å². The molecule has 44 heavy (non-hydrogen) atoms. The van der Waals surface area contributed by atoms with Crippen LogP contribution in [-0.2, 0) is 26.0 Å². The quantitative estimate of drug-likeness (QED) is 0.0287. The SMILES string of the molecule is Cc1cc2c(C=CC=CC=C3Sc4ccc5ccccc5c4N3CCCS(=O)(=O)O)cc[n+](CCCSOOO)c2cc1C. The van der Waals surface area contributed by atoms with Gasteiger partial charge in [0.2, 0.25) is 5.52 Å². The number of thioether (sulfide) groups is 1. The van der Waals surface area contributed by atoms with E-state index >= 15 is 0 Å². The molecule has 1 aliphatic rings. The summed E-state index contributed by atoms with van der Waals surface area (Å²) >= 11 is 2.72. The molecule has 2 N–H and O–H groups in total. The van der Waals surface area contributed by atoms with Gasteiger partial charge in [0, 0.05) is 53.2 Å². The van der Waals surface area contributed by atoms with E-state index in [0.717, 1.165) is 62.5 Å². The van der Waals surface area contributed by atoms with Crippen LogP contribution in [-0.4, -0.2) is 36.3 Å². The number of fused-ring (bicyclic) bond motifs is 4. The van der Waals surface area contributed by atoms with E-state index in [1.54, 1.807) is 11.8 Å². The molecule has 3 aromatic carbocycles. The van der Waals surface area contributed by atoms with Crippen LogP contribution in [0.15, 0.2) is 95.0 Å². The van der Waals surface area contributed by atoms with Crippen molar-refractivity contribution in [1.82, 2.24) is 0 Å². The molecule has 0 bridgehead atoms. The Morgan fingerprint density at radius 3 is 2.64 bits per heavy atom. The third-order valence-electron chi connectivity index (χ3n) is 7.51. The molecule has 0 amide bonds. The van der Waals surface area contributed by atoms with E-state index in [1.807, 2.05) is 36.4 Å². The van der Waals surface area contributed by atoms with E-state index < -0.39 is 10.1 Å². The number of nitrogens with zero attached hydrogens (tertiary/aromatic N) is 2. The number of aromatic nitrogens is 1. The van der Waals surface area contributed by atoms with Gasteiger partial charge in [0.25, 0.3) is 10.1 Å². The molecule has 230 valence electrons. The van der Waals surface area contributed by atoms with Gasteiger partial charge in [-0.1, -0.05) is 71.4 Å². The van der Waals surface area contributed by atoms with Crippen molar-refractivity contribution in [3.8, 4) is 0 Å². The number of benzene rings is 3. The Kier molecular flexibility index (Phi) is 10.8. The first-order valence-electron chi connectivity index (χ1n) is 14.3. The Balaban J connectivity index is 1.36. The van der Waals surface area contributed by atoms with Crippen LogP contribution in [0, 0.1) is 13.8 Å². The van der Waals surface area contributed by atoms with Gasteiger partial charge in [-0.25, -0.2) is 5.26 Å². The summed E-state index contributed by atoms with van der Waals surface area (Å²) in [7, 11) is -4.03. The molecule has 0 radical (unpaired) electrons. The number of pyridine rings is 1. The average molecular weight is 652 g/mol. The van der Waals surface area contributed by atoms with E-state index in [-0.39, 0.29) is 5.75 Å². The summed E-state index contributed by atoms with van der Waals surface area (Å²) in [4.78, 5) is 3.27. The Labute approximate surface area is 266 Å². The number of hydrogen-bond acceptors (Lipinski definition) is 8. The maximum Gasteiger partial charge on any atom is 0.264 e. The van der Waals surface area contributed by atoms with E-state index in [1.165, 1.54) is 16.5 Å². The fourth-order valence-corrected chi connectivity index (χ4v) is 7.26. The Morgan fingerprint density at radius 1 is 1.00 bits per heavy atom. The van der Waals surface area contributed by atoms with Crippen molar-refractivity contribution in [2.24, 2.45) is 0 Å². The van der Waals surface area contributed by atoms with Crippen LogP contribution >= 0.6 is 23.8 Å². The summed E-state index contributed by atoms with van der Waals surface area (Å²) in [5.74, 6) is 0.398. The zero-order valence-electron chi connectivity index (χ0n) is 24.5. The summed E-state index contributed by atoms with van der Waals surface area (Å²) in [5, 5.41) is 16.4. The summed E-state index contributed by atoms with van der Waals surface area (Å²) in [6.45, 7) is 5.51. The van der Waals surface area contributed by atoms with Gasteiger partial charge in [-0.2, -0.15) is 13.0 Å². The average Bonchev–Trinajstić information content (AvgIpc) is 3.35.